The van der Waals surface area contributed by atoms with Crippen molar-refractivity contribution in [3.63, 3.8) is 0 Å². The average molecular weight is 486 g/mol. The zero-order valence-electron chi connectivity index (χ0n) is 17.0. The Labute approximate surface area is 191 Å². The summed E-state index contributed by atoms with van der Waals surface area (Å²) in [6, 6.07) is 10.3. The van der Waals surface area contributed by atoms with E-state index < -0.39 is 42.0 Å². The van der Waals surface area contributed by atoms with E-state index in [1.807, 2.05) is 0 Å². The maximum atomic E-state index is 12.7. The first kappa shape index (κ1) is 25.7. The zero-order valence-corrected chi connectivity index (χ0v) is 17.8. The number of benzene rings is 2. The smallest absolute Gasteiger partial charge is 0.416 e. The minimum absolute atomic E-state index is 0.0205. The molecule has 0 aliphatic carbocycles. The van der Waals surface area contributed by atoms with Gasteiger partial charge in [-0.3, -0.25) is 30.0 Å². The van der Waals surface area contributed by atoms with Crippen LogP contribution in [0.15, 0.2) is 48.5 Å². The summed E-state index contributed by atoms with van der Waals surface area (Å²) in [5.41, 5.74) is 3.40. The molecule has 3 amide bonds. The van der Waals surface area contributed by atoms with Crippen molar-refractivity contribution in [2.45, 2.75) is 25.4 Å². The highest BCUT2D eigenvalue weighted by molar-refractivity contribution is 6.33. The Bertz CT molecular complexity index is 1030. The SMILES string of the molecule is O=C(COC(=O)CCCC(=O)Nc1cccc(C(F)(F)F)c1)NNC(=O)c1ccccc1Cl. The van der Waals surface area contributed by atoms with E-state index in [1.54, 1.807) is 12.1 Å². The van der Waals surface area contributed by atoms with Crippen molar-refractivity contribution in [2.24, 2.45) is 0 Å². The van der Waals surface area contributed by atoms with Gasteiger partial charge >= 0.3 is 12.1 Å². The second-order valence-electron chi connectivity index (χ2n) is 6.62. The van der Waals surface area contributed by atoms with Crippen LogP contribution >= 0.6 is 11.6 Å². The lowest BCUT2D eigenvalue weighted by Crippen LogP contribution is -2.43. The van der Waals surface area contributed by atoms with E-state index in [-0.39, 0.29) is 35.5 Å². The van der Waals surface area contributed by atoms with Crippen LogP contribution in [0.2, 0.25) is 5.02 Å². The molecule has 3 N–H and O–H groups in total. The molecule has 0 spiro atoms. The van der Waals surface area contributed by atoms with Crippen molar-refractivity contribution in [3.8, 4) is 0 Å². The number of carbonyl (C=O) groups excluding carboxylic acids is 4. The number of carbonyl (C=O) groups is 4. The third-order valence-electron chi connectivity index (χ3n) is 4.06. The Kier molecular flexibility index (Phi) is 9.22. The Hall–Kier alpha value is -3.60. The molecule has 0 bridgehead atoms. The highest BCUT2D eigenvalue weighted by Gasteiger charge is 2.30. The number of alkyl halides is 3. The number of anilines is 1. The number of rotatable bonds is 8. The summed E-state index contributed by atoms with van der Waals surface area (Å²) in [6.45, 7) is -0.669. The molecule has 0 radical (unpaired) electrons. The third kappa shape index (κ3) is 8.81. The number of nitrogens with one attached hydrogen (secondary N) is 3. The van der Waals surface area contributed by atoms with Crippen LogP contribution in [0.25, 0.3) is 0 Å². The van der Waals surface area contributed by atoms with Crippen LogP contribution in [0.3, 0.4) is 0 Å². The lowest BCUT2D eigenvalue weighted by atomic mass is 10.2. The van der Waals surface area contributed by atoms with Gasteiger partial charge in [-0.2, -0.15) is 13.2 Å². The second kappa shape index (κ2) is 11.9. The van der Waals surface area contributed by atoms with Crippen molar-refractivity contribution in [1.82, 2.24) is 10.9 Å². The van der Waals surface area contributed by atoms with Crippen LogP contribution < -0.4 is 16.2 Å². The van der Waals surface area contributed by atoms with Gasteiger partial charge in [-0.05, 0) is 36.8 Å². The molecule has 0 aliphatic rings. The predicted octanol–water partition coefficient (Wildman–Crippen LogP) is 3.47. The first-order chi connectivity index (χ1) is 15.6. The number of hydrogen-bond donors (Lipinski definition) is 3. The quantitative estimate of drug-likeness (QED) is 0.391. The van der Waals surface area contributed by atoms with Crippen LogP contribution in [0.4, 0.5) is 18.9 Å². The summed E-state index contributed by atoms with van der Waals surface area (Å²) in [4.78, 5) is 47.1. The maximum Gasteiger partial charge on any atom is 0.416 e. The fourth-order valence-corrected chi connectivity index (χ4v) is 2.71. The molecule has 0 aromatic heterocycles. The molecule has 2 aromatic rings. The van der Waals surface area contributed by atoms with E-state index >= 15 is 0 Å². The first-order valence-electron chi connectivity index (χ1n) is 9.52. The van der Waals surface area contributed by atoms with Crippen LogP contribution in [0.1, 0.15) is 35.2 Å². The van der Waals surface area contributed by atoms with Crippen LogP contribution in [-0.4, -0.2) is 30.3 Å². The molecule has 12 heteroatoms. The highest BCUT2D eigenvalue weighted by atomic mass is 35.5. The third-order valence-corrected chi connectivity index (χ3v) is 4.39. The van der Waals surface area contributed by atoms with Crippen molar-refractivity contribution < 1.29 is 37.1 Å². The number of hydrazine groups is 1. The zero-order chi connectivity index (χ0) is 24.4. The molecule has 0 unspecified atom stereocenters. The lowest BCUT2D eigenvalue weighted by Gasteiger charge is -2.10. The number of hydrogen-bond acceptors (Lipinski definition) is 5. The summed E-state index contributed by atoms with van der Waals surface area (Å²) < 4.78 is 42.8. The molecular weight excluding hydrogens is 467 g/mol. The first-order valence-corrected chi connectivity index (χ1v) is 9.90. The molecule has 0 heterocycles. The summed E-state index contributed by atoms with van der Waals surface area (Å²) in [5.74, 6) is -2.81. The summed E-state index contributed by atoms with van der Waals surface area (Å²) in [7, 11) is 0. The lowest BCUT2D eigenvalue weighted by molar-refractivity contribution is -0.148. The molecular formula is C21H19ClF3N3O5. The summed E-state index contributed by atoms with van der Waals surface area (Å²) in [5, 5.41) is 2.51. The molecule has 0 atom stereocenters. The van der Waals surface area contributed by atoms with E-state index in [0.717, 1.165) is 18.2 Å². The molecule has 0 aliphatic heterocycles. The largest absolute Gasteiger partial charge is 0.455 e. The minimum atomic E-state index is -4.53. The van der Waals surface area contributed by atoms with Gasteiger partial charge in [-0.15, -0.1) is 0 Å². The van der Waals surface area contributed by atoms with E-state index in [9.17, 15) is 32.3 Å². The van der Waals surface area contributed by atoms with Gasteiger partial charge in [0.15, 0.2) is 6.61 Å². The predicted molar refractivity (Wildman–Crippen MR) is 112 cm³/mol. The fourth-order valence-electron chi connectivity index (χ4n) is 2.48. The van der Waals surface area contributed by atoms with Gasteiger partial charge in [0.25, 0.3) is 11.8 Å². The number of halogens is 4. The monoisotopic (exact) mass is 485 g/mol. The molecule has 33 heavy (non-hydrogen) atoms. The van der Waals surface area contributed by atoms with Gasteiger partial charge in [0.2, 0.25) is 5.91 Å². The van der Waals surface area contributed by atoms with Crippen LogP contribution in [-0.2, 0) is 25.3 Å². The molecule has 2 aromatic carbocycles. The topological polar surface area (TPSA) is 114 Å². The van der Waals surface area contributed by atoms with Gasteiger partial charge in [0.1, 0.15) is 0 Å². The molecule has 0 fully saturated rings. The van der Waals surface area contributed by atoms with E-state index in [1.165, 1.54) is 18.2 Å². The molecule has 8 nitrogen and oxygen atoms in total. The Morgan fingerprint density at radius 2 is 1.64 bits per heavy atom. The van der Waals surface area contributed by atoms with Gasteiger partial charge in [0, 0.05) is 18.5 Å². The van der Waals surface area contributed by atoms with Crippen LogP contribution in [0, 0.1) is 0 Å². The van der Waals surface area contributed by atoms with E-state index in [2.05, 4.69) is 16.2 Å². The van der Waals surface area contributed by atoms with Gasteiger partial charge in [0.05, 0.1) is 16.1 Å². The minimum Gasteiger partial charge on any atom is -0.455 e. The summed E-state index contributed by atoms with van der Waals surface area (Å²) in [6.07, 6.45) is -4.83. The number of ether oxygens (including phenoxy) is 1. The Morgan fingerprint density at radius 3 is 2.33 bits per heavy atom. The van der Waals surface area contributed by atoms with E-state index in [4.69, 9.17) is 16.3 Å². The normalized spacial score (nSPS) is 10.8. The second-order valence-corrected chi connectivity index (χ2v) is 7.03. The van der Waals surface area contributed by atoms with Gasteiger partial charge in [-0.1, -0.05) is 29.8 Å². The number of esters is 1. The Balaban J connectivity index is 1.65. The standard InChI is InChI=1S/C21H19ClF3N3O5/c22-16-8-2-1-7-15(16)20(32)28-27-18(30)12-33-19(31)10-4-9-17(29)26-14-6-3-5-13(11-14)21(23,24)25/h1-3,5-8,11H,4,9-10,12H2,(H,26,29)(H,27,30)(H,28,32). The van der Waals surface area contributed by atoms with Gasteiger partial charge in [-0.25, -0.2) is 0 Å². The Morgan fingerprint density at radius 1 is 0.909 bits per heavy atom. The van der Waals surface area contributed by atoms with Crippen molar-refractivity contribution in [2.75, 3.05) is 11.9 Å². The molecule has 0 saturated carbocycles. The summed E-state index contributed by atoms with van der Waals surface area (Å²) >= 11 is 5.86. The molecule has 2 rings (SSSR count). The van der Waals surface area contributed by atoms with Crippen molar-refractivity contribution >= 4 is 41.0 Å². The highest BCUT2D eigenvalue weighted by Crippen LogP contribution is 2.30. The van der Waals surface area contributed by atoms with Crippen molar-refractivity contribution in [3.05, 3.63) is 64.7 Å². The van der Waals surface area contributed by atoms with Gasteiger partial charge < -0.3 is 10.1 Å². The van der Waals surface area contributed by atoms with E-state index in [0.29, 0.717) is 0 Å². The maximum absolute atomic E-state index is 12.7. The fraction of sp³-hybridized carbons (Fsp3) is 0.238. The number of amides is 3. The molecule has 0 saturated heterocycles. The average Bonchev–Trinajstić information content (AvgIpc) is 2.76. The van der Waals surface area contributed by atoms with Crippen LogP contribution in [0.5, 0.6) is 0 Å². The molecule has 176 valence electrons. The van der Waals surface area contributed by atoms with Crippen molar-refractivity contribution in [1.29, 1.82) is 0 Å².